The summed E-state index contributed by atoms with van der Waals surface area (Å²) < 4.78 is 22.3. The van der Waals surface area contributed by atoms with Gasteiger partial charge in [-0.15, -0.1) is 0 Å². The minimum atomic E-state index is -1.56. The van der Waals surface area contributed by atoms with E-state index in [1.54, 1.807) is 24.3 Å². The number of aromatic carboxylic acids is 1. The molecule has 1 heterocycles. The molecule has 1 fully saturated rings. The topological polar surface area (TPSA) is 232 Å². The van der Waals surface area contributed by atoms with Crippen LogP contribution in [-0.4, -0.2) is 87.1 Å². The molecular weight excluding hydrogens is 805 g/mol. The van der Waals surface area contributed by atoms with Crippen LogP contribution in [0.15, 0.2) is 84.9 Å². The van der Waals surface area contributed by atoms with Crippen LogP contribution in [0, 0.1) is 0 Å². The number of amides is 2. The van der Waals surface area contributed by atoms with Gasteiger partial charge in [0.1, 0.15) is 41.3 Å². The summed E-state index contributed by atoms with van der Waals surface area (Å²) in [7, 11) is 0. The number of ether oxygens (including phenoxy) is 4. The summed E-state index contributed by atoms with van der Waals surface area (Å²) in [5, 5.41) is 34.0. The predicted molar refractivity (Wildman–Crippen MR) is 221 cm³/mol. The summed E-state index contributed by atoms with van der Waals surface area (Å²) in [5.41, 5.74) is -1.43. The molecule has 1 aliphatic rings. The number of rotatable bonds is 19. The van der Waals surface area contributed by atoms with Crippen LogP contribution >= 0.6 is 0 Å². The zero-order valence-corrected chi connectivity index (χ0v) is 34.3. The van der Waals surface area contributed by atoms with Crippen LogP contribution in [0.4, 0.5) is 4.79 Å². The summed E-state index contributed by atoms with van der Waals surface area (Å²) in [4.78, 5) is 94.3. The van der Waals surface area contributed by atoms with E-state index in [1.165, 1.54) is 41.3 Å². The first-order chi connectivity index (χ1) is 29.8. The molecule has 16 nitrogen and oxygen atoms in total. The lowest BCUT2D eigenvalue weighted by Gasteiger charge is -2.21. The lowest BCUT2D eigenvalue weighted by atomic mass is 9.95. The number of likely N-dealkylation sites (tertiary alicyclic amines) is 1. The molecule has 4 aromatic carbocycles. The van der Waals surface area contributed by atoms with E-state index >= 15 is 0 Å². The van der Waals surface area contributed by atoms with Gasteiger partial charge in [-0.05, 0) is 66.9 Å². The molecule has 1 aliphatic heterocycles. The smallest absolute Gasteiger partial charge is 0.410 e. The number of esters is 3. The van der Waals surface area contributed by atoms with Gasteiger partial charge in [0.25, 0.3) is 5.91 Å². The second-order valence-electron chi connectivity index (χ2n) is 14.6. The number of phenols is 2. The van der Waals surface area contributed by atoms with Crippen LogP contribution < -0.4 is 14.8 Å². The number of hydrogen-bond acceptors (Lipinski definition) is 13. The lowest BCUT2D eigenvalue weighted by Crippen LogP contribution is -2.44. The van der Waals surface area contributed by atoms with E-state index in [9.17, 15) is 48.9 Å². The highest BCUT2D eigenvalue weighted by Crippen LogP contribution is 2.37. The number of carboxylic acid groups (broad SMARTS) is 1. The molecule has 4 aromatic rings. The normalized spacial score (nSPS) is 14.4. The summed E-state index contributed by atoms with van der Waals surface area (Å²) in [5.74, 6) is -8.04. The van der Waals surface area contributed by atoms with E-state index in [0.29, 0.717) is 19.3 Å². The number of hydrogen-bond donors (Lipinski definition) is 4. The number of carboxylic acids is 1. The summed E-state index contributed by atoms with van der Waals surface area (Å²) in [6.07, 6.45) is 1.78. The predicted octanol–water partition coefficient (Wildman–Crippen LogP) is 6.97. The Morgan fingerprint density at radius 3 is 1.98 bits per heavy atom. The van der Waals surface area contributed by atoms with Crippen molar-refractivity contribution in [3.63, 3.8) is 0 Å². The van der Waals surface area contributed by atoms with Crippen LogP contribution in [0.2, 0.25) is 0 Å². The second kappa shape index (κ2) is 21.9. The van der Waals surface area contributed by atoms with Crippen LogP contribution in [-0.2, 0) is 25.7 Å². The highest BCUT2D eigenvalue weighted by Gasteiger charge is 2.40. The Balaban J connectivity index is 1.47. The van der Waals surface area contributed by atoms with Crippen LogP contribution in [0.1, 0.15) is 118 Å². The number of benzene rings is 4. The summed E-state index contributed by atoms with van der Waals surface area (Å²) in [6.45, 7) is 3.41. The highest BCUT2D eigenvalue weighted by molar-refractivity contribution is 6.19. The molecular formula is C46H48N2O14. The SMILES string of the molecule is CCCCCC(=O)Oc1cc(C(=O)O[C@@H]2CN(C(=O)OCc3ccccc3)C[C@H]2NC(=O)c2ccc(O)cc2)cc(O)c1C(=O)c1c(OC(=O)CCCCC)cccc1C(=O)O. The Morgan fingerprint density at radius 1 is 0.710 bits per heavy atom. The first-order valence-electron chi connectivity index (χ1n) is 20.2. The molecule has 326 valence electrons. The van der Waals surface area contributed by atoms with Crippen molar-refractivity contribution >= 4 is 41.7 Å². The maximum atomic E-state index is 14.4. The van der Waals surface area contributed by atoms with Crippen molar-refractivity contribution in [2.75, 3.05) is 13.1 Å². The van der Waals surface area contributed by atoms with Crippen molar-refractivity contribution in [1.29, 1.82) is 0 Å². The molecule has 2 atom stereocenters. The zero-order valence-electron chi connectivity index (χ0n) is 34.3. The molecule has 0 saturated carbocycles. The third-order valence-corrected chi connectivity index (χ3v) is 9.88. The van der Waals surface area contributed by atoms with E-state index < -0.39 is 93.3 Å². The number of nitrogens with zero attached hydrogens (tertiary/aromatic N) is 1. The number of ketones is 1. The minimum Gasteiger partial charge on any atom is -0.508 e. The average Bonchev–Trinajstić information content (AvgIpc) is 3.64. The average molecular weight is 853 g/mol. The molecule has 5 rings (SSSR count). The van der Waals surface area contributed by atoms with Crippen molar-refractivity contribution in [3.8, 4) is 23.0 Å². The Hall–Kier alpha value is -7.23. The Morgan fingerprint density at radius 2 is 1.35 bits per heavy atom. The van der Waals surface area contributed by atoms with Gasteiger partial charge in [0.05, 0.1) is 29.3 Å². The number of carbonyl (C=O) groups excluding carboxylic acids is 6. The molecule has 62 heavy (non-hydrogen) atoms. The van der Waals surface area contributed by atoms with Crippen LogP contribution in [0.3, 0.4) is 0 Å². The second-order valence-corrected chi connectivity index (χ2v) is 14.6. The van der Waals surface area contributed by atoms with E-state index in [0.717, 1.165) is 43.0 Å². The first-order valence-corrected chi connectivity index (χ1v) is 20.2. The molecule has 0 aliphatic carbocycles. The fourth-order valence-electron chi connectivity index (χ4n) is 6.63. The fraction of sp³-hybridized carbons (Fsp3) is 0.326. The van der Waals surface area contributed by atoms with E-state index in [-0.39, 0.29) is 43.9 Å². The van der Waals surface area contributed by atoms with Crippen molar-refractivity contribution in [1.82, 2.24) is 10.2 Å². The third kappa shape index (κ3) is 12.2. The van der Waals surface area contributed by atoms with E-state index in [2.05, 4.69) is 5.32 Å². The van der Waals surface area contributed by atoms with Crippen molar-refractivity contribution in [2.45, 2.75) is 84.0 Å². The monoisotopic (exact) mass is 852 g/mol. The van der Waals surface area contributed by atoms with E-state index in [4.69, 9.17) is 18.9 Å². The Bertz CT molecular complexity index is 2280. The van der Waals surface area contributed by atoms with Crippen molar-refractivity contribution in [2.24, 2.45) is 0 Å². The van der Waals surface area contributed by atoms with Gasteiger partial charge in [-0.3, -0.25) is 19.2 Å². The third-order valence-electron chi connectivity index (χ3n) is 9.88. The standard InChI is InChI=1S/C46H48N2O14/c1-3-5-8-17-38(51)60-35-16-12-15-32(44(55)56)40(35)42(53)41-34(50)23-30(24-36(41)61-39(52)18-9-6-4-2)45(57)62-37-26-48(46(58)59-27-28-13-10-7-11-14-28)25-33(37)47-43(54)29-19-21-31(49)22-20-29/h7,10-16,19-24,33,37,49-50H,3-6,8-9,17-18,25-27H2,1-2H3,(H,47,54)(H,55,56)/t33-,37-/m1/s1. The number of unbranched alkanes of at least 4 members (excludes halogenated alkanes) is 4. The van der Waals surface area contributed by atoms with Gasteiger partial charge in [-0.1, -0.05) is 75.9 Å². The van der Waals surface area contributed by atoms with Gasteiger partial charge in [-0.2, -0.15) is 0 Å². The van der Waals surface area contributed by atoms with Crippen LogP contribution in [0.5, 0.6) is 23.0 Å². The molecule has 2 amide bonds. The maximum absolute atomic E-state index is 14.4. The largest absolute Gasteiger partial charge is 0.508 e. The van der Waals surface area contributed by atoms with Crippen molar-refractivity contribution in [3.05, 3.63) is 118 Å². The number of aromatic hydroxyl groups is 2. The molecule has 0 aromatic heterocycles. The lowest BCUT2D eigenvalue weighted by molar-refractivity contribution is -0.135. The van der Waals surface area contributed by atoms with Gasteiger partial charge >= 0.3 is 30.0 Å². The molecule has 4 N–H and O–H groups in total. The molecule has 0 radical (unpaired) electrons. The van der Waals surface area contributed by atoms with Gasteiger partial charge in [0.2, 0.25) is 5.78 Å². The summed E-state index contributed by atoms with van der Waals surface area (Å²) >= 11 is 0. The Kier molecular flexibility index (Phi) is 16.2. The molecule has 16 heteroatoms. The van der Waals surface area contributed by atoms with Gasteiger partial charge in [-0.25, -0.2) is 14.4 Å². The maximum Gasteiger partial charge on any atom is 0.410 e. The van der Waals surface area contributed by atoms with Gasteiger partial charge < -0.3 is 44.5 Å². The number of nitrogens with one attached hydrogen (secondary N) is 1. The molecule has 0 spiro atoms. The van der Waals surface area contributed by atoms with Crippen LogP contribution in [0.25, 0.3) is 0 Å². The fourth-order valence-corrected chi connectivity index (χ4v) is 6.63. The molecule has 1 saturated heterocycles. The quantitative estimate of drug-likeness (QED) is 0.0323. The van der Waals surface area contributed by atoms with Crippen molar-refractivity contribution < 1.29 is 67.8 Å². The molecule has 0 bridgehead atoms. The first kappa shape index (κ1) is 45.8. The summed E-state index contributed by atoms with van der Waals surface area (Å²) in [6, 6.07) is 18.7. The zero-order chi connectivity index (χ0) is 44.8. The molecule has 0 unspecified atom stereocenters. The van der Waals surface area contributed by atoms with Gasteiger partial charge in [0, 0.05) is 24.9 Å². The highest BCUT2D eigenvalue weighted by atomic mass is 16.6. The number of carbonyl (C=O) groups is 7. The Labute approximate surface area is 357 Å². The van der Waals surface area contributed by atoms with Gasteiger partial charge in [0.15, 0.2) is 0 Å². The number of phenolic OH excluding ortho intramolecular Hbond substituents is 2. The minimum absolute atomic E-state index is 0.0174. The van der Waals surface area contributed by atoms with E-state index in [1.807, 2.05) is 19.9 Å².